The highest BCUT2D eigenvalue weighted by Gasteiger charge is 2.24. The van der Waals surface area contributed by atoms with E-state index >= 15 is 0 Å². The number of aromatic nitrogens is 4. The normalized spacial score (nSPS) is 15.6. The molecule has 1 N–H and O–H groups in total. The number of nitrogens with zero attached hydrogens (tertiary/aromatic N) is 4. The Hall–Kier alpha value is -1.65. The second-order valence-electron chi connectivity index (χ2n) is 4.30. The van der Waals surface area contributed by atoms with Crippen LogP contribution >= 0.6 is 0 Å². The molecule has 0 bridgehead atoms. The second-order valence-corrected chi connectivity index (χ2v) is 4.30. The summed E-state index contributed by atoms with van der Waals surface area (Å²) >= 11 is 0. The van der Waals surface area contributed by atoms with Crippen molar-refractivity contribution in [3.05, 3.63) is 17.6 Å². The Labute approximate surface area is 93.9 Å². The standard InChI is InChI=1S/C11H15N5/c1-3-9-7(2)13-11-15-12-6-16(11)10(9)14-8-4-5-8/h6,8,14H,3-5H2,1-2H3. The van der Waals surface area contributed by atoms with Gasteiger partial charge >= 0.3 is 0 Å². The third-order valence-corrected chi connectivity index (χ3v) is 3.03. The summed E-state index contributed by atoms with van der Waals surface area (Å²) in [5, 5.41) is 11.5. The van der Waals surface area contributed by atoms with Crippen LogP contribution in [0, 0.1) is 6.92 Å². The average molecular weight is 217 g/mol. The van der Waals surface area contributed by atoms with Crippen molar-refractivity contribution in [2.24, 2.45) is 0 Å². The highest BCUT2D eigenvalue weighted by Crippen LogP contribution is 2.28. The molecule has 0 atom stereocenters. The maximum Gasteiger partial charge on any atom is 0.256 e. The molecule has 1 aliphatic carbocycles. The van der Waals surface area contributed by atoms with E-state index in [2.05, 4.69) is 27.4 Å². The van der Waals surface area contributed by atoms with Crippen molar-refractivity contribution in [2.45, 2.75) is 39.2 Å². The molecule has 5 heteroatoms. The summed E-state index contributed by atoms with van der Waals surface area (Å²) in [6.45, 7) is 4.18. The van der Waals surface area contributed by atoms with E-state index in [1.807, 2.05) is 11.3 Å². The molecule has 0 spiro atoms. The second kappa shape index (κ2) is 3.43. The van der Waals surface area contributed by atoms with E-state index in [0.29, 0.717) is 11.8 Å². The molecule has 5 nitrogen and oxygen atoms in total. The summed E-state index contributed by atoms with van der Waals surface area (Å²) in [4.78, 5) is 4.44. The fourth-order valence-electron chi connectivity index (χ4n) is 2.00. The number of fused-ring (bicyclic) bond motifs is 1. The zero-order valence-corrected chi connectivity index (χ0v) is 9.56. The van der Waals surface area contributed by atoms with Crippen LogP contribution in [-0.4, -0.2) is 25.6 Å². The lowest BCUT2D eigenvalue weighted by molar-refractivity contribution is 0.959. The van der Waals surface area contributed by atoms with Gasteiger partial charge in [0.2, 0.25) is 0 Å². The zero-order chi connectivity index (χ0) is 11.1. The molecule has 84 valence electrons. The molecule has 3 rings (SSSR count). The fourth-order valence-corrected chi connectivity index (χ4v) is 2.00. The number of nitrogens with one attached hydrogen (secondary N) is 1. The van der Waals surface area contributed by atoms with Gasteiger partial charge in [0.25, 0.3) is 5.78 Å². The number of anilines is 1. The van der Waals surface area contributed by atoms with E-state index in [9.17, 15) is 0 Å². The zero-order valence-electron chi connectivity index (χ0n) is 9.56. The summed E-state index contributed by atoms with van der Waals surface area (Å²) in [7, 11) is 0. The molecule has 0 aliphatic heterocycles. The molecule has 2 heterocycles. The monoisotopic (exact) mass is 217 g/mol. The molecule has 1 saturated carbocycles. The lowest BCUT2D eigenvalue weighted by Gasteiger charge is -2.13. The lowest BCUT2D eigenvalue weighted by Crippen LogP contribution is -2.11. The van der Waals surface area contributed by atoms with Crippen LogP contribution in [0.5, 0.6) is 0 Å². The van der Waals surface area contributed by atoms with Crippen molar-refractivity contribution in [3.63, 3.8) is 0 Å². The van der Waals surface area contributed by atoms with Crippen LogP contribution in [0.15, 0.2) is 6.33 Å². The minimum Gasteiger partial charge on any atom is -0.368 e. The number of rotatable bonds is 3. The molecule has 0 amide bonds. The number of aryl methyl sites for hydroxylation is 1. The molecule has 1 fully saturated rings. The van der Waals surface area contributed by atoms with Gasteiger partial charge in [-0.15, -0.1) is 10.2 Å². The predicted octanol–water partition coefficient (Wildman–Crippen LogP) is 1.57. The molecule has 0 unspecified atom stereocenters. The summed E-state index contributed by atoms with van der Waals surface area (Å²) < 4.78 is 1.95. The lowest BCUT2D eigenvalue weighted by atomic mass is 10.1. The molecule has 16 heavy (non-hydrogen) atoms. The minimum absolute atomic E-state index is 0.623. The Morgan fingerprint density at radius 3 is 3.00 bits per heavy atom. The summed E-state index contributed by atoms with van der Waals surface area (Å²) in [5.41, 5.74) is 2.31. The van der Waals surface area contributed by atoms with Crippen molar-refractivity contribution >= 4 is 11.6 Å². The van der Waals surface area contributed by atoms with Crippen molar-refractivity contribution in [1.82, 2.24) is 19.6 Å². The summed E-state index contributed by atoms with van der Waals surface area (Å²) in [6.07, 6.45) is 5.22. The molecule has 0 radical (unpaired) electrons. The Morgan fingerprint density at radius 2 is 2.31 bits per heavy atom. The van der Waals surface area contributed by atoms with Gasteiger partial charge in [-0.3, -0.25) is 4.40 Å². The highest BCUT2D eigenvalue weighted by molar-refractivity contribution is 5.54. The molecular formula is C11H15N5. The maximum atomic E-state index is 4.44. The molecule has 2 aromatic heterocycles. The molecule has 0 saturated heterocycles. The van der Waals surface area contributed by atoms with E-state index in [4.69, 9.17) is 0 Å². The van der Waals surface area contributed by atoms with Crippen LogP contribution in [0.2, 0.25) is 0 Å². The van der Waals surface area contributed by atoms with Gasteiger partial charge in [0, 0.05) is 17.3 Å². The molecule has 1 aliphatic rings. The van der Waals surface area contributed by atoms with Gasteiger partial charge in [0.05, 0.1) is 0 Å². The van der Waals surface area contributed by atoms with E-state index in [1.165, 1.54) is 18.4 Å². The van der Waals surface area contributed by atoms with Gasteiger partial charge in [-0.1, -0.05) is 6.92 Å². The third-order valence-electron chi connectivity index (χ3n) is 3.03. The molecular weight excluding hydrogens is 202 g/mol. The van der Waals surface area contributed by atoms with Crippen LogP contribution in [0.4, 0.5) is 5.82 Å². The Morgan fingerprint density at radius 1 is 1.50 bits per heavy atom. The number of hydrogen-bond donors (Lipinski definition) is 1. The van der Waals surface area contributed by atoms with Crippen molar-refractivity contribution in [3.8, 4) is 0 Å². The first-order valence-electron chi connectivity index (χ1n) is 5.75. The van der Waals surface area contributed by atoms with Crippen LogP contribution in [0.1, 0.15) is 31.0 Å². The van der Waals surface area contributed by atoms with Crippen LogP contribution in [-0.2, 0) is 6.42 Å². The average Bonchev–Trinajstić information content (AvgIpc) is 2.95. The van der Waals surface area contributed by atoms with Crippen molar-refractivity contribution in [1.29, 1.82) is 0 Å². The first-order valence-corrected chi connectivity index (χ1v) is 5.75. The van der Waals surface area contributed by atoms with Gasteiger partial charge < -0.3 is 5.32 Å². The summed E-state index contributed by atoms with van der Waals surface area (Å²) in [6, 6.07) is 0.623. The van der Waals surface area contributed by atoms with Gasteiger partial charge in [-0.25, -0.2) is 4.98 Å². The van der Waals surface area contributed by atoms with E-state index in [0.717, 1.165) is 17.9 Å². The van der Waals surface area contributed by atoms with E-state index in [-0.39, 0.29) is 0 Å². The van der Waals surface area contributed by atoms with Crippen LogP contribution in [0.3, 0.4) is 0 Å². The first-order chi connectivity index (χ1) is 7.79. The van der Waals surface area contributed by atoms with Crippen LogP contribution < -0.4 is 5.32 Å². The van der Waals surface area contributed by atoms with Gasteiger partial charge in [-0.05, 0) is 26.2 Å². The SMILES string of the molecule is CCc1c(C)nc2nncn2c1NC1CC1. The van der Waals surface area contributed by atoms with Crippen molar-refractivity contribution in [2.75, 3.05) is 5.32 Å². The maximum absolute atomic E-state index is 4.44. The smallest absolute Gasteiger partial charge is 0.256 e. The highest BCUT2D eigenvalue weighted by atomic mass is 15.3. The number of hydrogen-bond acceptors (Lipinski definition) is 4. The summed E-state index contributed by atoms with van der Waals surface area (Å²) in [5.74, 6) is 1.80. The molecule has 2 aromatic rings. The van der Waals surface area contributed by atoms with Crippen molar-refractivity contribution < 1.29 is 0 Å². The van der Waals surface area contributed by atoms with Gasteiger partial charge in [0.1, 0.15) is 12.1 Å². The van der Waals surface area contributed by atoms with E-state index in [1.54, 1.807) is 6.33 Å². The van der Waals surface area contributed by atoms with E-state index < -0.39 is 0 Å². The van der Waals surface area contributed by atoms with Gasteiger partial charge in [-0.2, -0.15) is 0 Å². The quantitative estimate of drug-likeness (QED) is 0.847. The Kier molecular flexibility index (Phi) is 2.05. The molecule has 0 aromatic carbocycles. The first kappa shape index (κ1) is 9.57. The fraction of sp³-hybridized carbons (Fsp3) is 0.545. The minimum atomic E-state index is 0.623. The van der Waals surface area contributed by atoms with Crippen LogP contribution in [0.25, 0.3) is 5.78 Å². The predicted molar refractivity (Wildman–Crippen MR) is 61.5 cm³/mol. The topological polar surface area (TPSA) is 55.1 Å². The Balaban J connectivity index is 2.20. The van der Waals surface area contributed by atoms with Gasteiger partial charge in [0.15, 0.2) is 0 Å². The largest absolute Gasteiger partial charge is 0.368 e. The third kappa shape index (κ3) is 1.43. The Bertz CT molecular complexity index is 526.